The number of aryl methyl sites for hydroxylation is 1. The third-order valence-corrected chi connectivity index (χ3v) is 3.54. The highest BCUT2D eigenvalue weighted by atomic mass is 16.3. The summed E-state index contributed by atoms with van der Waals surface area (Å²) in [7, 11) is 1.82. The summed E-state index contributed by atoms with van der Waals surface area (Å²) in [4.78, 5) is 11.9. The zero-order chi connectivity index (χ0) is 12.4. The smallest absolute Gasteiger partial charge is 0.254 e. The minimum Gasteiger partial charge on any atom is -0.393 e. The molecule has 1 fully saturated rings. The first-order chi connectivity index (χ1) is 8.08. The highest BCUT2D eigenvalue weighted by molar-refractivity contribution is 5.94. The second-order valence-corrected chi connectivity index (χ2v) is 4.81. The summed E-state index contributed by atoms with van der Waals surface area (Å²) in [5, 5.41) is 16.4. The molecule has 1 heterocycles. The first kappa shape index (κ1) is 12.1. The molecule has 17 heavy (non-hydrogen) atoms. The predicted octanol–water partition coefficient (Wildman–Crippen LogP) is 0.619. The molecule has 1 aliphatic carbocycles. The van der Waals surface area contributed by atoms with E-state index in [9.17, 15) is 9.90 Å². The summed E-state index contributed by atoms with van der Waals surface area (Å²) in [5.41, 5.74) is 1.50. The standard InChI is InChI=1S/C12H19N3O2/c1-8-11(7-14-15(8)2)12(17)13-6-9-3-4-10(16)5-9/h7,9-10,16H,3-6H2,1-2H3,(H,13,17). The average Bonchev–Trinajstić information content (AvgIpc) is 2.84. The minimum absolute atomic E-state index is 0.0722. The fourth-order valence-corrected chi connectivity index (χ4v) is 2.29. The van der Waals surface area contributed by atoms with Gasteiger partial charge in [-0.05, 0) is 32.1 Å². The van der Waals surface area contributed by atoms with Gasteiger partial charge in [-0.25, -0.2) is 0 Å². The molecule has 94 valence electrons. The lowest BCUT2D eigenvalue weighted by Crippen LogP contribution is -2.29. The number of hydrogen-bond acceptors (Lipinski definition) is 3. The van der Waals surface area contributed by atoms with Crippen LogP contribution in [0.1, 0.15) is 35.3 Å². The number of carbonyl (C=O) groups is 1. The molecule has 0 aromatic carbocycles. The highest BCUT2D eigenvalue weighted by Gasteiger charge is 2.23. The van der Waals surface area contributed by atoms with Gasteiger partial charge in [0.25, 0.3) is 5.91 Å². The Morgan fingerprint density at radius 3 is 2.94 bits per heavy atom. The molecule has 1 aromatic rings. The topological polar surface area (TPSA) is 67.2 Å². The van der Waals surface area contributed by atoms with Gasteiger partial charge in [0.15, 0.2) is 0 Å². The van der Waals surface area contributed by atoms with Crippen LogP contribution in [-0.4, -0.2) is 33.4 Å². The van der Waals surface area contributed by atoms with Crippen molar-refractivity contribution in [2.45, 2.75) is 32.3 Å². The van der Waals surface area contributed by atoms with E-state index in [0.29, 0.717) is 18.0 Å². The summed E-state index contributed by atoms with van der Waals surface area (Å²) in [6.45, 7) is 2.52. The molecule has 0 bridgehead atoms. The molecular weight excluding hydrogens is 218 g/mol. The van der Waals surface area contributed by atoms with Crippen molar-refractivity contribution in [2.75, 3.05) is 6.54 Å². The van der Waals surface area contributed by atoms with Crippen molar-refractivity contribution in [3.63, 3.8) is 0 Å². The number of amides is 1. The summed E-state index contributed by atoms with van der Waals surface area (Å²) in [6.07, 6.45) is 4.05. The van der Waals surface area contributed by atoms with Crippen molar-refractivity contribution in [3.05, 3.63) is 17.5 Å². The van der Waals surface area contributed by atoms with Crippen molar-refractivity contribution in [1.82, 2.24) is 15.1 Å². The number of nitrogens with zero attached hydrogens (tertiary/aromatic N) is 2. The van der Waals surface area contributed by atoms with Crippen LogP contribution in [-0.2, 0) is 7.05 Å². The van der Waals surface area contributed by atoms with E-state index in [2.05, 4.69) is 10.4 Å². The number of aromatic nitrogens is 2. The molecule has 0 saturated heterocycles. The zero-order valence-corrected chi connectivity index (χ0v) is 10.3. The Morgan fingerprint density at radius 1 is 1.65 bits per heavy atom. The van der Waals surface area contributed by atoms with Crippen LogP contribution in [0.15, 0.2) is 6.20 Å². The van der Waals surface area contributed by atoms with Gasteiger partial charge in [0.2, 0.25) is 0 Å². The van der Waals surface area contributed by atoms with Gasteiger partial charge in [0, 0.05) is 19.3 Å². The van der Waals surface area contributed by atoms with Gasteiger partial charge < -0.3 is 10.4 Å². The summed E-state index contributed by atoms with van der Waals surface area (Å²) in [5.74, 6) is 0.336. The molecule has 5 heteroatoms. The molecule has 1 amide bonds. The highest BCUT2D eigenvalue weighted by Crippen LogP contribution is 2.24. The monoisotopic (exact) mass is 237 g/mol. The van der Waals surface area contributed by atoms with E-state index in [0.717, 1.165) is 25.0 Å². The van der Waals surface area contributed by atoms with Gasteiger partial charge >= 0.3 is 0 Å². The van der Waals surface area contributed by atoms with Gasteiger partial charge in [-0.1, -0.05) is 0 Å². The van der Waals surface area contributed by atoms with Crippen LogP contribution < -0.4 is 5.32 Å². The molecule has 1 saturated carbocycles. The van der Waals surface area contributed by atoms with E-state index < -0.39 is 0 Å². The SMILES string of the molecule is Cc1c(C(=O)NCC2CCC(O)C2)cnn1C. The normalized spacial score (nSPS) is 23.9. The van der Waals surface area contributed by atoms with Crippen molar-refractivity contribution < 1.29 is 9.90 Å². The van der Waals surface area contributed by atoms with Crippen LogP contribution in [0, 0.1) is 12.8 Å². The molecule has 1 aliphatic rings. The van der Waals surface area contributed by atoms with Gasteiger partial charge in [0.05, 0.1) is 17.9 Å². The number of hydrogen-bond donors (Lipinski definition) is 2. The van der Waals surface area contributed by atoms with Crippen molar-refractivity contribution in [3.8, 4) is 0 Å². The number of rotatable bonds is 3. The Kier molecular flexibility index (Phi) is 3.47. The van der Waals surface area contributed by atoms with Crippen LogP contribution in [0.3, 0.4) is 0 Å². The first-order valence-electron chi connectivity index (χ1n) is 6.02. The molecule has 2 atom stereocenters. The number of carbonyl (C=O) groups excluding carboxylic acids is 1. The fraction of sp³-hybridized carbons (Fsp3) is 0.667. The van der Waals surface area contributed by atoms with Crippen molar-refractivity contribution in [1.29, 1.82) is 0 Å². The Hall–Kier alpha value is -1.36. The largest absolute Gasteiger partial charge is 0.393 e. The molecule has 2 rings (SSSR count). The Balaban J connectivity index is 1.87. The maximum atomic E-state index is 11.9. The third kappa shape index (κ3) is 2.66. The van der Waals surface area contributed by atoms with Crippen LogP contribution in [0.25, 0.3) is 0 Å². The van der Waals surface area contributed by atoms with E-state index in [1.807, 2.05) is 14.0 Å². The molecule has 5 nitrogen and oxygen atoms in total. The van der Waals surface area contributed by atoms with Crippen LogP contribution in [0.4, 0.5) is 0 Å². The van der Waals surface area contributed by atoms with Crippen molar-refractivity contribution in [2.24, 2.45) is 13.0 Å². The molecular formula is C12H19N3O2. The van der Waals surface area contributed by atoms with E-state index >= 15 is 0 Å². The van der Waals surface area contributed by atoms with Gasteiger partial charge in [0.1, 0.15) is 0 Å². The summed E-state index contributed by atoms with van der Waals surface area (Å²) < 4.78 is 1.69. The minimum atomic E-state index is -0.183. The molecule has 0 aliphatic heterocycles. The lowest BCUT2D eigenvalue weighted by molar-refractivity contribution is 0.0944. The predicted molar refractivity (Wildman–Crippen MR) is 63.6 cm³/mol. The lowest BCUT2D eigenvalue weighted by atomic mass is 10.1. The molecule has 2 N–H and O–H groups in total. The second-order valence-electron chi connectivity index (χ2n) is 4.81. The fourth-order valence-electron chi connectivity index (χ4n) is 2.29. The maximum Gasteiger partial charge on any atom is 0.254 e. The van der Waals surface area contributed by atoms with Crippen molar-refractivity contribution >= 4 is 5.91 Å². The second kappa shape index (κ2) is 4.87. The molecule has 0 radical (unpaired) electrons. The molecule has 2 unspecified atom stereocenters. The number of aliphatic hydroxyl groups excluding tert-OH is 1. The number of nitrogens with one attached hydrogen (secondary N) is 1. The first-order valence-corrected chi connectivity index (χ1v) is 6.02. The summed E-state index contributed by atoms with van der Waals surface area (Å²) in [6, 6.07) is 0. The molecule has 1 aromatic heterocycles. The van der Waals surface area contributed by atoms with Crippen LogP contribution >= 0.6 is 0 Å². The van der Waals surface area contributed by atoms with Crippen LogP contribution in [0.2, 0.25) is 0 Å². The average molecular weight is 237 g/mol. The van der Waals surface area contributed by atoms with E-state index in [-0.39, 0.29) is 12.0 Å². The van der Waals surface area contributed by atoms with Crippen LogP contribution in [0.5, 0.6) is 0 Å². The zero-order valence-electron chi connectivity index (χ0n) is 10.3. The lowest BCUT2D eigenvalue weighted by Gasteiger charge is -2.10. The van der Waals surface area contributed by atoms with Gasteiger partial charge in [-0.3, -0.25) is 9.48 Å². The van der Waals surface area contributed by atoms with E-state index in [1.165, 1.54) is 0 Å². The van der Waals surface area contributed by atoms with E-state index in [4.69, 9.17) is 0 Å². The third-order valence-electron chi connectivity index (χ3n) is 3.54. The quantitative estimate of drug-likeness (QED) is 0.810. The van der Waals surface area contributed by atoms with Gasteiger partial charge in [-0.15, -0.1) is 0 Å². The Morgan fingerprint density at radius 2 is 2.41 bits per heavy atom. The Labute approximate surface area is 101 Å². The Bertz CT molecular complexity index is 414. The summed E-state index contributed by atoms with van der Waals surface area (Å²) >= 11 is 0. The van der Waals surface area contributed by atoms with E-state index in [1.54, 1.807) is 10.9 Å². The molecule has 0 spiro atoms. The number of aliphatic hydroxyl groups is 1. The maximum absolute atomic E-state index is 11.9. The van der Waals surface area contributed by atoms with Gasteiger partial charge in [-0.2, -0.15) is 5.10 Å².